The second-order valence-electron chi connectivity index (χ2n) is 12.6. The van der Waals surface area contributed by atoms with E-state index >= 15 is 0 Å². The highest BCUT2D eigenvalue weighted by Crippen LogP contribution is 2.27. The van der Waals surface area contributed by atoms with Crippen LogP contribution in [0.4, 0.5) is 5.69 Å². The molecule has 240 valence electrons. The fourth-order valence-electron chi connectivity index (χ4n) is 6.50. The summed E-state index contributed by atoms with van der Waals surface area (Å²) in [5, 5.41) is 3.23. The molecule has 0 aromatic heterocycles. The molecule has 0 saturated carbocycles. The first-order chi connectivity index (χ1) is 22.3. The molecule has 0 radical (unpaired) electrons. The minimum absolute atomic E-state index is 0.0286. The number of methoxy groups -OCH3 is 1. The molecule has 0 bridgehead atoms. The lowest BCUT2D eigenvalue weighted by molar-refractivity contribution is 0.0600. The van der Waals surface area contributed by atoms with Crippen molar-refractivity contribution in [2.45, 2.75) is 65.1 Å². The van der Waals surface area contributed by atoms with Gasteiger partial charge in [-0.25, -0.2) is 4.79 Å². The number of nitrogens with one attached hydrogen (secondary N) is 1. The monoisotopic (exact) mass is 617 g/mol. The van der Waals surface area contributed by atoms with Crippen LogP contribution in [0.25, 0.3) is 0 Å². The summed E-state index contributed by atoms with van der Waals surface area (Å²) in [7, 11) is 1.40. The number of hydrogen-bond donors (Lipinski definition) is 1. The van der Waals surface area contributed by atoms with Crippen molar-refractivity contribution in [2.24, 2.45) is 0 Å². The Hall–Kier alpha value is -4.42. The van der Waals surface area contributed by atoms with Gasteiger partial charge in [0, 0.05) is 49.5 Å². The second-order valence-corrected chi connectivity index (χ2v) is 12.6. The molecule has 6 nitrogen and oxygen atoms in total. The minimum Gasteiger partial charge on any atom is -0.465 e. The van der Waals surface area contributed by atoms with Crippen molar-refractivity contribution in [2.75, 3.05) is 31.6 Å². The number of aryl methyl sites for hydroxylation is 2. The van der Waals surface area contributed by atoms with E-state index in [9.17, 15) is 9.59 Å². The zero-order valence-corrected chi connectivity index (χ0v) is 27.7. The molecule has 1 fully saturated rings. The molecule has 6 heteroatoms. The maximum atomic E-state index is 13.0. The molecule has 0 aliphatic carbocycles. The highest BCUT2D eigenvalue weighted by atomic mass is 16.5. The number of nitrogens with zero attached hydrogens (tertiary/aromatic N) is 2. The van der Waals surface area contributed by atoms with Crippen LogP contribution in [0.1, 0.15) is 74.7 Å². The molecule has 1 unspecified atom stereocenters. The molecule has 4 aromatic rings. The maximum absolute atomic E-state index is 13.0. The van der Waals surface area contributed by atoms with Crippen molar-refractivity contribution in [1.82, 2.24) is 10.2 Å². The van der Waals surface area contributed by atoms with Crippen molar-refractivity contribution < 1.29 is 14.3 Å². The van der Waals surface area contributed by atoms with Gasteiger partial charge < -0.3 is 19.9 Å². The van der Waals surface area contributed by atoms with Gasteiger partial charge in [-0.2, -0.15) is 0 Å². The summed E-state index contributed by atoms with van der Waals surface area (Å²) < 4.78 is 4.82. The van der Waals surface area contributed by atoms with Crippen molar-refractivity contribution in [1.29, 1.82) is 0 Å². The molecule has 1 heterocycles. The van der Waals surface area contributed by atoms with E-state index in [-0.39, 0.29) is 17.9 Å². The van der Waals surface area contributed by atoms with Crippen molar-refractivity contribution >= 4 is 17.6 Å². The molecular weight excluding hydrogens is 570 g/mol. The van der Waals surface area contributed by atoms with Crippen LogP contribution in [-0.2, 0) is 17.7 Å². The predicted octanol–water partition coefficient (Wildman–Crippen LogP) is 7.36. The third-order valence-electron chi connectivity index (χ3n) is 9.21. The quantitative estimate of drug-likeness (QED) is 0.168. The van der Waals surface area contributed by atoms with Gasteiger partial charge in [0.05, 0.1) is 12.7 Å². The highest BCUT2D eigenvalue weighted by Gasteiger charge is 2.26. The number of rotatable bonds is 12. The molecule has 1 amide bonds. The molecule has 0 spiro atoms. The number of carbonyl (C=O) groups is 2. The molecule has 5 rings (SSSR count). The fraction of sp³-hybridized carbons (Fsp3) is 0.350. The first-order valence-corrected chi connectivity index (χ1v) is 16.5. The van der Waals surface area contributed by atoms with Crippen LogP contribution in [-0.4, -0.2) is 55.6 Å². The number of piperidine rings is 1. The first-order valence-electron chi connectivity index (χ1n) is 16.5. The number of hydrogen-bond acceptors (Lipinski definition) is 5. The van der Waals surface area contributed by atoms with Crippen LogP contribution in [0.2, 0.25) is 0 Å². The Morgan fingerprint density at radius 1 is 0.826 bits per heavy atom. The zero-order chi connectivity index (χ0) is 32.5. The number of ether oxygens (including phenoxy) is 1. The van der Waals surface area contributed by atoms with Gasteiger partial charge in [0.25, 0.3) is 5.91 Å². The maximum Gasteiger partial charge on any atom is 0.337 e. The summed E-state index contributed by atoms with van der Waals surface area (Å²) in [6.07, 6.45) is 3.94. The lowest BCUT2D eigenvalue weighted by atomic mass is 9.99. The SMILES string of the molecule is COC(=O)c1ccc(Cc2ccc(N(Cc3ccccc3)C3CCN(CCC(C)NC(=O)c4c(C)cccc4C)CC3)cc2)cc1. The number of benzene rings is 4. The van der Waals surface area contributed by atoms with Crippen molar-refractivity contribution in [3.05, 3.63) is 136 Å². The highest BCUT2D eigenvalue weighted by molar-refractivity contribution is 5.97. The van der Waals surface area contributed by atoms with Crippen LogP contribution in [0.15, 0.2) is 97.1 Å². The summed E-state index contributed by atoms with van der Waals surface area (Å²) in [5.41, 5.74) is 8.37. The van der Waals surface area contributed by atoms with E-state index in [0.717, 1.165) is 74.1 Å². The van der Waals surface area contributed by atoms with E-state index in [0.29, 0.717) is 11.6 Å². The van der Waals surface area contributed by atoms with Crippen LogP contribution in [0.3, 0.4) is 0 Å². The third kappa shape index (κ3) is 8.64. The molecule has 1 N–H and O–H groups in total. The average Bonchev–Trinajstić information content (AvgIpc) is 3.07. The average molecular weight is 618 g/mol. The standard InChI is InChI=1S/C40H47N3O3/c1-29-9-8-10-30(2)38(29)39(44)41-31(3)21-24-42-25-22-37(23-26-42)43(28-34-11-6-5-7-12-34)36-19-15-33(16-20-36)27-32-13-17-35(18-14-32)40(45)46-4/h5-20,31,37H,21-28H2,1-4H3,(H,41,44). The van der Waals surface area contributed by atoms with Crippen LogP contribution in [0.5, 0.6) is 0 Å². The van der Waals surface area contributed by atoms with Gasteiger partial charge in [-0.1, -0.05) is 72.8 Å². The molecular formula is C40H47N3O3. The van der Waals surface area contributed by atoms with Gasteiger partial charge in [0.15, 0.2) is 0 Å². The largest absolute Gasteiger partial charge is 0.465 e. The second kappa shape index (κ2) is 15.7. The van der Waals surface area contributed by atoms with E-state index in [1.165, 1.54) is 23.9 Å². The fourth-order valence-corrected chi connectivity index (χ4v) is 6.50. The Morgan fingerprint density at radius 3 is 2.04 bits per heavy atom. The lowest BCUT2D eigenvalue weighted by Gasteiger charge is -2.40. The van der Waals surface area contributed by atoms with Gasteiger partial charge in [-0.05, 0) is 98.5 Å². The van der Waals surface area contributed by atoms with Gasteiger partial charge in [0.1, 0.15) is 0 Å². The summed E-state index contributed by atoms with van der Waals surface area (Å²) in [4.78, 5) is 29.9. The number of amides is 1. The number of anilines is 1. The molecule has 1 saturated heterocycles. The number of esters is 1. The Labute approximate surface area is 274 Å². The van der Waals surface area contributed by atoms with Crippen LogP contribution < -0.4 is 10.2 Å². The Morgan fingerprint density at radius 2 is 1.43 bits per heavy atom. The summed E-state index contributed by atoms with van der Waals surface area (Å²) in [6, 6.07) is 33.9. The van der Waals surface area contributed by atoms with E-state index < -0.39 is 0 Å². The first kappa shape index (κ1) is 33.0. The van der Waals surface area contributed by atoms with E-state index in [1.54, 1.807) is 0 Å². The normalized spacial score (nSPS) is 14.4. The number of carbonyl (C=O) groups excluding carboxylic acids is 2. The van der Waals surface area contributed by atoms with Crippen molar-refractivity contribution in [3.8, 4) is 0 Å². The smallest absolute Gasteiger partial charge is 0.337 e. The van der Waals surface area contributed by atoms with Crippen LogP contribution in [0, 0.1) is 13.8 Å². The number of likely N-dealkylation sites (tertiary alicyclic amines) is 1. The molecule has 4 aromatic carbocycles. The molecule has 46 heavy (non-hydrogen) atoms. The summed E-state index contributed by atoms with van der Waals surface area (Å²) in [6.45, 7) is 10.1. The Kier molecular flexibility index (Phi) is 11.3. The zero-order valence-electron chi connectivity index (χ0n) is 27.7. The van der Waals surface area contributed by atoms with E-state index in [2.05, 4.69) is 76.6 Å². The lowest BCUT2D eigenvalue weighted by Crippen LogP contribution is -2.46. The van der Waals surface area contributed by atoms with Crippen LogP contribution >= 0.6 is 0 Å². The molecule has 1 atom stereocenters. The van der Waals surface area contributed by atoms with Gasteiger partial charge in [-0.3, -0.25) is 4.79 Å². The Balaban J connectivity index is 1.18. The van der Waals surface area contributed by atoms with Gasteiger partial charge in [-0.15, -0.1) is 0 Å². The minimum atomic E-state index is -0.313. The predicted molar refractivity (Wildman–Crippen MR) is 187 cm³/mol. The molecule has 1 aliphatic rings. The van der Waals surface area contributed by atoms with Gasteiger partial charge >= 0.3 is 5.97 Å². The van der Waals surface area contributed by atoms with Crippen molar-refractivity contribution in [3.63, 3.8) is 0 Å². The Bertz CT molecular complexity index is 1560. The molecule has 1 aliphatic heterocycles. The van der Waals surface area contributed by atoms with Gasteiger partial charge in [0.2, 0.25) is 0 Å². The van der Waals surface area contributed by atoms with E-state index in [4.69, 9.17) is 4.74 Å². The van der Waals surface area contributed by atoms with E-state index in [1.807, 2.05) is 56.3 Å². The third-order valence-corrected chi connectivity index (χ3v) is 9.21. The summed E-state index contributed by atoms with van der Waals surface area (Å²) >= 11 is 0. The summed E-state index contributed by atoms with van der Waals surface area (Å²) in [5.74, 6) is -0.284. The topological polar surface area (TPSA) is 61.9 Å².